The number of hydrogen-bond donors (Lipinski definition) is 1. The van der Waals surface area contributed by atoms with E-state index in [1.165, 1.54) is 25.9 Å². The molecule has 21 heavy (non-hydrogen) atoms. The standard InChI is InChI=1S/C19H34N2/c1-14(21-6-4-18(2,20-3)5-7-21)19-11-15-8-16(12-19)10-17(9-15)13-19/h14-17,20H,4-13H2,1-3H3. The van der Waals surface area contributed by atoms with Crippen LogP contribution in [0.5, 0.6) is 0 Å². The zero-order valence-corrected chi connectivity index (χ0v) is 14.3. The summed E-state index contributed by atoms with van der Waals surface area (Å²) in [5.74, 6) is 3.27. The second-order valence-electron chi connectivity index (χ2n) is 9.30. The molecule has 1 unspecified atom stereocenters. The van der Waals surface area contributed by atoms with Crippen LogP contribution in [0.3, 0.4) is 0 Å². The lowest BCUT2D eigenvalue weighted by Gasteiger charge is -2.61. The maximum Gasteiger partial charge on any atom is 0.0174 e. The molecule has 1 N–H and O–H groups in total. The highest BCUT2D eigenvalue weighted by atomic mass is 15.2. The quantitative estimate of drug-likeness (QED) is 0.853. The minimum atomic E-state index is 0.387. The molecule has 4 bridgehead atoms. The molecule has 0 aromatic carbocycles. The lowest BCUT2D eigenvalue weighted by atomic mass is 9.47. The summed E-state index contributed by atoms with van der Waals surface area (Å²) in [5, 5.41) is 3.55. The smallest absolute Gasteiger partial charge is 0.0174 e. The van der Waals surface area contributed by atoms with Crippen molar-refractivity contribution in [1.82, 2.24) is 10.2 Å². The molecule has 2 nitrogen and oxygen atoms in total. The molecule has 0 aromatic rings. The molecule has 0 aromatic heterocycles. The second kappa shape index (κ2) is 4.96. The van der Waals surface area contributed by atoms with Crippen molar-refractivity contribution in [3.05, 3.63) is 0 Å². The predicted octanol–water partition coefficient (Wildman–Crippen LogP) is 3.67. The van der Waals surface area contributed by atoms with Crippen LogP contribution in [-0.4, -0.2) is 36.6 Å². The van der Waals surface area contributed by atoms with E-state index in [1.807, 2.05) is 0 Å². The molecule has 4 saturated carbocycles. The Bertz CT molecular complexity index is 359. The fraction of sp³-hybridized carbons (Fsp3) is 1.00. The summed E-state index contributed by atoms with van der Waals surface area (Å²) in [4.78, 5) is 2.85. The van der Waals surface area contributed by atoms with Crippen molar-refractivity contribution in [2.45, 2.75) is 76.8 Å². The number of nitrogens with zero attached hydrogens (tertiary/aromatic N) is 1. The van der Waals surface area contributed by atoms with Gasteiger partial charge in [0.05, 0.1) is 0 Å². The summed E-state index contributed by atoms with van der Waals surface area (Å²) in [5.41, 5.74) is 1.08. The molecule has 120 valence electrons. The molecule has 4 aliphatic carbocycles. The van der Waals surface area contributed by atoms with E-state index in [2.05, 4.69) is 31.1 Å². The number of piperidine rings is 1. The van der Waals surface area contributed by atoms with Crippen LogP contribution >= 0.6 is 0 Å². The van der Waals surface area contributed by atoms with E-state index in [4.69, 9.17) is 0 Å². The van der Waals surface area contributed by atoms with E-state index in [0.717, 1.165) is 23.8 Å². The van der Waals surface area contributed by atoms with Crippen molar-refractivity contribution in [2.24, 2.45) is 23.2 Å². The van der Waals surface area contributed by atoms with Gasteiger partial charge in [0.2, 0.25) is 0 Å². The molecule has 5 rings (SSSR count). The molecule has 1 atom stereocenters. The van der Waals surface area contributed by atoms with Crippen molar-refractivity contribution in [1.29, 1.82) is 0 Å². The van der Waals surface area contributed by atoms with Gasteiger partial charge in [-0.25, -0.2) is 0 Å². The Morgan fingerprint density at radius 3 is 1.86 bits per heavy atom. The lowest BCUT2D eigenvalue weighted by Crippen LogP contribution is -2.59. The van der Waals surface area contributed by atoms with Crippen LogP contribution < -0.4 is 5.32 Å². The van der Waals surface area contributed by atoms with Crippen molar-refractivity contribution < 1.29 is 0 Å². The molecule has 5 fully saturated rings. The first kappa shape index (κ1) is 14.5. The molecule has 0 amide bonds. The van der Waals surface area contributed by atoms with Crippen LogP contribution in [0.25, 0.3) is 0 Å². The topological polar surface area (TPSA) is 15.3 Å². The Morgan fingerprint density at radius 1 is 0.952 bits per heavy atom. The minimum Gasteiger partial charge on any atom is -0.314 e. The minimum absolute atomic E-state index is 0.387. The van der Waals surface area contributed by atoms with Crippen molar-refractivity contribution in [3.63, 3.8) is 0 Å². The summed E-state index contributed by atoms with van der Waals surface area (Å²) < 4.78 is 0. The largest absolute Gasteiger partial charge is 0.314 e. The first-order valence-corrected chi connectivity index (χ1v) is 9.45. The molecule has 2 heteroatoms. The second-order valence-corrected chi connectivity index (χ2v) is 9.30. The average molecular weight is 290 g/mol. The molecule has 1 aliphatic heterocycles. The summed E-state index contributed by atoms with van der Waals surface area (Å²) in [7, 11) is 2.14. The van der Waals surface area contributed by atoms with Gasteiger partial charge in [-0.3, -0.25) is 4.90 Å². The zero-order chi connectivity index (χ0) is 14.7. The Morgan fingerprint density at radius 2 is 1.43 bits per heavy atom. The van der Waals surface area contributed by atoms with Crippen molar-refractivity contribution in [2.75, 3.05) is 20.1 Å². The Balaban J connectivity index is 1.47. The first-order chi connectivity index (χ1) is 10.0. The van der Waals surface area contributed by atoms with E-state index in [0.29, 0.717) is 11.0 Å². The predicted molar refractivity (Wildman–Crippen MR) is 88.3 cm³/mol. The molecule has 1 heterocycles. The SMILES string of the molecule is CNC1(C)CCN(C(C)C23CC4CC(CC(C4)C2)C3)CC1. The average Bonchev–Trinajstić information content (AvgIpc) is 2.46. The first-order valence-electron chi connectivity index (χ1n) is 9.45. The van der Waals surface area contributed by atoms with Crippen molar-refractivity contribution >= 4 is 0 Å². The monoisotopic (exact) mass is 290 g/mol. The van der Waals surface area contributed by atoms with E-state index in [9.17, 15) is 0 Å². The van der Waals surface area contributed by atoms with Gasteiger partial charge in [0.25, 0.3) is 0 Å². The summed E-state index contributed by atoms with van der Waals surface area (Å²) in [6, 6.07) is 0.826. The maximum absolute atomic E-state index is 3.55. The summed E-state index contributed by atoms with van der Waals surface area (Å²) in [6.07, 6.45) is 12.0. The van der Waals surface area contributed by atoms with Gasteiger partial charge in [0, 0.05) is 24.7 Å². The van der Waals surface area contributed by atoms with E-state index < -0.39 is 0 Å². The van der Waals surface area contributed by atoms with Crippen LogP contribution in [0.1, 0.15) is 65.2 Å². The van der Waals surface area contributed by atoms with E-state index >= 15 is 0 Å². The van der Waals surface area contributed by atoms with Crippen LogP contribution in [0.15, 0.2) is 0 Å². The Labute approximate surface area is 131 Å². The molecule has 1 saturated heterocycles. The third-order valence-corrected chi connectivity index (χ3v) is 8.02. The van der Waals surface area contributed by atoms with Gasteiger partial charge in [0.15, 0.2) is 0 Å². The van der Waals surface area contributed by atoms with Gasteiger partial charge in [-0.1, -0.05) is 0 Å². The van der Waals surface area contributed by atoms with Gasteiger partial charge in [-0.15, -0.1) is 0 Å². The highest BCUT2D eigenvalue weighted by Gasteiger charge is 2.54. The van der Waals surface area contributed by atoms with E-state index in [-0.39, 0.29) is 0 Å². The third kappa shape index (κ3) is 2.37. The Hall–Kier alpha value is -0.0800. The number of hydrogen-bond acceptors (Lipinski definition) is 2. The fourth-order valence-corrected chi connectivity index (χ4v) is 6.73. The fourth-order valence-electron chi connectivity index (χ4n) is 6.73. The molecule has 5 aliphatic rings. The van der Waals surface area contributed by atoms with Gasteiger partial charge < -0.3 is 5.32 Å². The normalized spacial score (nSPS) is 46.7. The maximum atomic E-state index is 3.55. The van der Waals surface area contributed by atoms with E-state index in [1.54, 1.807) is 38.5 Å². The van der Waals surface area contributed by atoms with Gasteiger partial charge in [0.1, 0.15) is 0 Å². The molecular weight excluding hydrogens is 256 g/mol. The summed E-state index contributed by atoms with van der Waals surface area (Å²) in [6.45, 7) is 7.59. The van der Waals surface area contributed by atoms with Crippen LogP contribution in [0, 0.1) is 23.2 Å². The lowest BCUT2D eigenvalue weighted by molar-refractivity contribution is -0.102. The van der Waals surface area contributed by atoms with Gasteiger partial charge in [-0.2, -0.15) is 0 Å². The third-order valence-electron chi connectivity index (χ3n) is 8.02. The number of rotatable bonds is 3. The van der Waals surface area contributed by atoms with Gasteiger partial charge >= 0.3 is 0 Å². The highest BCUT2D eigenvalue weighted by molar-refractivity contribution is 5.06. The Kier molecular flexibility index (Phi) is 3.43. The molecule has 0 spiro atoms. The van der Waals surface area contributed by atoms with Crippen molar-refractivity contribution in [3.8, 4) is 0 Å². The molecular formula is C19H34N2. The van der Waals surface area contributed by atoms with Crippen LogP contribution in [0.4, 0.5) is 0 Å². The van der Waals surface area contributed by atoms with Crippen LogP contribution in [0.2, 0.25) is 0 Å². The molecule has 0 radical (unpaired) electrons. The van der Waals surface area contributed by atoms with Crippen LogP contribution in [-0.2, 0) is 0 Å². The highest BCUT2D eigenvalue weighted by Crippen LogP contribution is 2.62. The number of likely N-dealkylation sites (tertiary alicyclic amines) is 1. The zero-order valence-electron chi connectivity index (χ0n) is 14.3. The van der Waals surface area contributed by atoms with Gasteiger partial charge in [-0.05, 0) is 95.4 Å². The number of nitrogens with one attached hydrogen (secondary N) is 1. The summed E-state index contributed by atoms with van der Waals surface area (Å²) >= 11 is 0.